The molecule has 68 valence electrons. The zero-order valence-corrected chi connectivity index (χ0v) is 8.65. The van der Waals surface area contributed by atoms with E-state index in [2.05, 4.69) is 39.0 Å². The summed E-state index contributed by atoms with van der Waals surface area (Å²) in [4.78, 5) is 0. The maximum Gasteiger partial charge on any atom is -0.0193 e. The smallest absolute Gasteiger partial charge is 0.0193 e. The van der Waals surface area contributed by atoms with Gasteiger partial charge in [0, 0.05) is 0 Å². The van der Waals surface area contributed by atoms with Gasteiger partial charge in [-0.25, -0.2) is 0 Å². The highest BCUT2D eigenvalue weighted by Crippen LogP contribution is 2.29. The monoisotopic (exact) mass is 172 g/mol. The molecule has 0 aromatic heterocycles. The Morgan fingerprint density at radius 2 is 1.85 bits per heavy atom. The molecule has 0 atom stereocenters. The van der Waals surface area contributed by atoms with Crippen LogP contribution in [0.2, 0.25) is 0 Å². The third-order valence-corrected chi connectivity index (χ3v) is 2.89. The number of aryl methyl sites for hydroxylation is 2. The van der Waals surface area contributed by atoms with E-state index < -0.39 is 0 Å². The summed E-state index contributed by atoms with van der Waals surface area (Å²) < 4.78 is 0. The average molecular weight is 172 g/mol. The first kappa shape index (κ1) is 8.55. The van der Waals surface area contributed by atoms with Crippen molar-refractivity contribution in [1.82, 2.24) is 0 Å². The molecule has 0 bridgehead atoms. The highest BCUT2D eigenvalue weighted by Gasteiger charge is 2.11. The van der Waals surface area contributed by atoms with Gasteiger partial charge >= 0.3 is 0 Å². The van der Waals surface area contributed by atoms with Crippen LogP contribution >= 0.6 is 0 Å². The van der Waals surface area contributed by atoms with E-state index in [1.807, 2.05) is 0 Å². The van der Waals surface area contributed by atoms with Crippen LogP contribution in [0.3, 0.4) is 0 Å². The second kappa shape index (κ2) is 3.02. The molecule has 1 aliphatic rings. The van der Waals surface area contributed by atoms with Crippen LogP contribution in [0.1, 0.15) is 35.6 Å². The fourth-order valence-electron chi connectivity index (χ4n) is 2.22. The summed E-state index contributed by atoms with van der Waals surface area (Å²) in [5.74, 6) is 0. The van der Waals surface area contributed by atoms with Crippen LogP contribution in [0, 0.1) is 13.8 Å². The fraction of sp³-hybridized carbons (Fsp3) is 0.385. The Hall–Kier alpha value is -1.04. The van der Waals surface area contributed by atoms with E-state index in [-0.39, 0.29) is 0 Å². The Labute approximate surface area is 80.3 Å². The number of rotatable bonds is 0. The van der Waals surface area contributed by atoms with Crippen LogP contribution in [-0.4, -0.2) is 0 Å². The third kappa shape index (κ3) is 1.41. The van der Waals surface area contributed by atoms with Crippen molar-refractivity contribution in [2.24, 2.45) is 0 Å². The summed E-state index contributed by atoms with van der Waals surface area (Å²) in [6.45, 7) is 6.62. The molecule has 13 heavy (non-hydrogen) atoms. The molecule has 2 rings (SSSR count). The lowest BCUT2D eigenvalue weighted by Crippen LogP contribution is -2.01. The van der Waals surface area contributed by atoms with Crippen LogP contribution < -0.4 is 0 Å². The standard InChI is InChI=1S/C13H16/c1-9-7-11(3)12-6-4-5-10(2)13(12)8-9/h5,7-8H,4,6H2,1-3H3. The van der Waals surface area contributed by atoms with E-state index in [4.69, 9.17) is 0 Å². The van der Waals surface area contributed by atoms with Crippen LogP contribution in [-0.2, 0) is 6.42 Å². The lowest BCUT2D eigenvalue weighted by atomic mass is 9.87. The lowest BCUT2D eigenvalue weighted by Gasteiger charge is -2.18. The average Bonchev–Trinajstić information content (AvgIpc) is 2.07. The Kier molecular flexibility index (Phi) is 1.99. The molecule has 0 fully saturated rings. The quantitative estimate of drug-likeness (QED) is 0.560. The number of benzene rings is 1. The van der Waals surface area contributed by atoms with Gasteiger partial charge in [0.05, 0.1) is 0 Å². The van der Waals surface area contributed by atoms with Crippen LogP contribution in [0.4, 0.5) is 0 Å². The topological polar surface area (TPSA) is 0 Å². The van der Waals surface area contributed by atoms with E-state index in [1.165, 1.54) is 35.1 Å². The molecule has 0 spiro atoms. The van der Waals surface area contributed by atoms with Crippen molar-refractivity contribution in [1.29, 1.82) is 0 Å². The van der Waals surface area contributed by atoms with Gasteiger partial charge in [-0.15, -0.1) is 0 Å². The maximum absolute atomic E-state index is 2.35. The minimum atomic E-state index is 1.21. The fourth-order valence-corrected chi connectivity index (χ4v) is 2.22. The van der Waals surface area contributed by atoms with Crippen molar-refractivity contribution in [3.05, 3.63) is 40.5 Å². The zero-order chi connectivity index (χ0) is 9.42. The van der Waals surface area contributed by atoms with Crippen molar-refractivity contribution < 1.29 is 0 Å². The normalized spacial score (nSPS) is 15.2. The predicted molar refractivity (Wildman–Crippen MR) is 57.9 cm³/mol. The van der Waals surface area contributed by atoms with Gasteiger partial charge in [-0.3, -0.25) is 0 Å². The van der Waals surface area contributed by atoms with Crippen molar-refractivity contribution >= 4 is 5.57 Å². The summed E-state index contributed by atoms with van der Waals surface area (Å²) in [5, 5.41) is 0. The summed E-state index contributed by atoms with van der Waals surface area (Å²) in [7, 11) is 0. The molecule has 1 aliphatic carbocycles. The van der Waals surface area contributed by atoms with E-state index in [0.29, 0.717) is 0 Å². The third-order valence-electron chi connectivity index (χ3n) is 2.89. The van der Waals surface area contributed by atoms with Gasteiger partial charge in [-0.2, -0.15) is 0 Å². The second-order valence-electron chi connectivity index (χ2n) is 4.03. The van der Waals surface area contributed by atoms with Gasteiger partial charge in [0.15, 0.2) is 0 Å². The van der Waals surface area contributed by atoms with Crippen LogP contribution in [0.25, 0.3) is 5.57 Å². The Balaban J connectivity index is 2.66. The molecule has 0 saturated carbocycles. The minimum Gasteiger partial charge on any atom is -0.0807 e. The van der Waals surface area contributed by atoms with Crippen molar-refractivity contribution in [2.75, 3.05) is 0 Å². The molecule has 0 nitrogen and oxygen atoms in total. The van der Waals surface area contributed by atoms with Crippen LogP contribution in [0.5, 0.6) is 0 Å². The molecule has 0 saturated heterocycles. The Bertz CT molecular complexity index is 370. The molecule has 0 radical (unpaired) electrons. The Morgan fingerprint density at radius 3 is 2.62 bits per heavy atom. The van der Waals surface area contributed by atoms with Gasteiger partial charge < -0.3 is 0 Å². The molecule has 0 heterocycles. The minimum absolute atomic E-state index is 1.21. The van der Waals surface area contributed by atoms with Crippen molar-refractivity contribution in [2.45, 2.75) is 33.6 Å². The van der Waals surface area contributed by atoms with E-state index >= 15 is 0 Å². The SMILES string of the molecule is CC1=CCCc2c(C)cc(C)cc21. The Morgan fingerprint density at radius 1 is 1.08 bits per heavy atom. The summed E-state index contributed by atoms with van der Waals surface area (Å²) in [5.41, 5.74) is 7.33. The molecule has 0 amide bonds. The van der Waals surface area contributed by atoms with Crippen molar-refractivity contribution in [3.8, 4) is 0 Å². The predicted octanol–water partition coefficient (Wildman–Crippen LogP) is 3.65. The molecule has 0 aliphatic heterocycles. The van der Waals surface area contributed by atoms with Gasteiger partial charge in [0.2, 0.25) is 0 Å². The van der Waals surface area contributed by atoms with Gasteiger partial charge in [0.25, 0.3) is 0 Å². The second-order valence-corrected chi connectivity index (χ2v) is 4.03. The lowest BCUT2D eigenvalue weighted by molar-refractivity contribution is 0.958. The first-order chi connectivity index (χ1) is 6.18. The molecule has 0 unspecified atom stereocenters. The van der Waals surface area contributed by atoms with Gasteiger partial charge in [-0.1, -0.05) is 23.8 Å². The molecule has 0 heteroatoms. The van der Waals surface area contributed by atoms with Crippen molar-refractivity contribution in [3.63, 3.8) is 0 Å². The molecule has 1 aromatic rings. The molecule has 1 aromatic carbocycles. The summed E-state index contributed by atoms with van der Waals surface area (Å²) >= 11 is 0. The molecule has 0 N–H and O–H groups in total. The first-order valence-electron chi connectivity index (χ1n) is 4.96. The summed E-state index contributed by atoms with van der Waals surface area (Å²) in [6.07, 6.45) is 4.78. The molecular weight excluding hydrogens is 156 g/mol. The van der Waals surface area contributed by atoms with E-state index in [9.17, 15) is 0 Å². The number of fused-ring (bicyclic) bond motifs is 1. The summed E-state index contributed by atoms with van der Waals surface area (Å²) in [6, 6.07) is 4.60. The highest BCUT2D eigenvalue weighted by molar-refractivity contribution is 5.70. The van der Waals surface area contributed by atoms with E-state index in [1.54, 1.807) is 5.56 Å². The number of allylic oxidation sites excluding steroid dienone is 2. The van der Waals surface area contributed by atoms with E-state index in [0.717, 1.165) is 0 Å². The van der Waals surface area contributed by atoms with Gasteiger partial charge in [0.1, 0.15) is 0 Å². The first-order valence-corrected chi connectivity index (χ1v) is 4.96. The largest absolute Gasteiger partial charge is 0.0807 e. The number of hydrogen-bond acceptors (Lipinski definition) is 0. The number of hydrogen-bond donors (Lipinski definition) is 0. The van der Waals surface area contributed by atoms with Crippen LogP contribution in [0.15, 0.2) is 18.2 Å². The zero-order valence-electron chi connectivity index (χ0n) is 8.65. The highest BCUT2D eigenvalue weighted by atomic mass is 14.2. The molecular formula is C13H16. The maximum atomic E-state index is 2.35. The van der Waals surface area contributed by atoms with Gasteiger partial charge in [-0.05, 0) is 55.9 Å².